The minimum Gasteiger partial charge on any atom is -0.127 e. The van der Waals surface area contributed by atoms with Crippen LogP contribution >= 0.6 is 0 Å². The van der Waals surface area contributed by atoms with Crippen LogP contribution in [0, 0.1) is 35.1 Å². The number of hydrogen-bond donors (Lipinski definition) is 0. The zero-order chi connectivity index (χ0) is 33.3. The van der Waals surface area contributed by atoms with Crippen LogP contribution in [0.25, 0.3) is 0 Å². The first kappa shape index (κ1) is 35.0. The molecule has 0 atom stereocenters. The van der Waals surface area contributed by atoms with Crippen molar-refractivity contribution in [2.75, 3.05) is 0 Å². The molecule has 0 radical (unpaired) electrons. The maximum absolute atomic E-state index is 3.63. The van der Waals surface area contributed by atoms with Crippen molar-refractivity contribution in [3.05, 3.63) is 105 Å². The lowest BCUT2D eigenvalue weighted by molar-refractivity contribution is 0.565. The van der Waals surface area contributed by atoms with Crippen LogP contribution in [0.2, 0.25) is 19.6 Å². The summed E-state index contributed by atoms with van der Waals surface area (Å²) in [4.78, 5) is 0. The Morgan fingerprint density at radius 2 is 0.682 bits per heavy atom. The van der Waals surface area contributed by atoms with E-state index in [1.165, 1.54) is 22.3 Å². The first-order valence-corrected chi connectivity index (χ1v) is 19.5. The molecule has 0 aromatic heterocycles. The fourth-order valence-electron chi connectivity index (χ4n) is 5.25. The van der Waals surface area contributed by atoms with Crippen molar-refractivity contribution >= 4 is 8.07 Å². The highest BCUT2D eigenvalue weighted by atomic mass is 28.3. The summed E-state index contributed by atoms with van der Waals surface area (Å²) in [6.45, 7) is 34.0. The van der Waals surface area contributed by atoms with Crippen molar-refractivity contribution in [1.82, 2.24) is 0 Å². The molecule has 3 rings (SSSR count). The average Bonchev–Trinajstić information content (AvgIpc) is 2.86. The Morgan fingerprint density at radius 3 is 0.932 bits per heavy atom. The third kappa shape index (κ3) is 9.28. The van der Waals surface area contributed by atoms with Crippen LogP contribution in [-0.4, -0.2) is 8.07 Å². The summed E-state index contributed by atoms with van der Waals surface area (Å²) in [7, 11) is -1.56. The minimum absolute atomic E-state index is 0.0161. The smallest absolute Gasteiger partial charge is 0.127 e. The molecule has 0 bridgehead atoms. The van der Waals surface area contributed by atoms with E-state index in [0.29, 0.717) is 0 Å². The lowest BCUT2D eigenvalue weighted by Gasteiger charge is -2.27. The molecule has 0 aliphatic heterocycles. The van der Waals surface area contributed by atoms with Gasteiger partial charge < -0.3 is 0 Å². The van der Waals surface area contributed by atoms with Crippen molar-refractivity contribution in [2.45, 2.75) is 124 Å². The fourth-order valence-corrected chi connectivity index (χ4v) is 5.77. The molecule has 230 valence electrons. The Morgan fingerprint density at radius 1 is 0.409 bits per heavy atom. The minimum atomic E-state index is -1.56. The molecule has 0 N–H and O–H groups in total. The van der Waals surface area contributed by atoms with E-state index in [0.717, 1.165) is 27.8 Å². The summed E-state index contributed by atoms with van der Waals surface area (Å²) < 4.78 is 0. The summed E-state index contributed by atoms with van der Waals surface area (Å²) in [5.41, 5.74) is 13.7. The lowest BCUT2D eigenvalue weighted by Crippen LogP contribution is -2.19. The quantitative estimate of drug-likeness (QED) is 0.178. The summed E-state index contributed by atoms with van der Waals surface area (Å²) in [6, 6.07) is 19.7. The van der Waals surface area contributed by atoms with Gasteiger partial charge in [0.1, 0.15) is 8.07 Å². The van der Waals surface area contributed by atoms with E-state index in [9.17, 15) is 0 Å². The van der Waals surface area contributed by atoms with Gasteiger partial charge in [0, 0.05) is 27.8 Å². The third-order valence-electron chi connectivity index (χ3n) is 7.54. The Labute approximate surface area is 271 Å². The maximum atomic E-state index is 3.63. The Bertz CT molecular complexity index is 1530. The summed E-state index contributed by atoms with van der Waals surface area (Å²) in [6.07, 6.45) is 0. The molecule has 0 unspecified atom stereocenters. The molecule has 1 heteroatoms. The highest BCUT2D eigenvalue weighted by Crippen LogP contribution is 2.35. The average molecular weight is 599 g/mol. The van der Waals surface area contributed by atoms with E-state index >= 15 is 0 Å². The second-order valence-corrected chi connectivity index (χ2v) is 22.0. The third-order valence-corrected chi connectivity index (χ3v) is 8.41. The van der Waals surface area contributed by atoms with E-state index in [4.69, 9.17) is 0 Å². The first-order valence-electron chi connectivity index (χ1n) is 16.0. The van der Waals surface area contributed by atoms with Crippen LogP contribution in [0.3, 0.4) is 0 Å². The standard InChI is InChI=1S/C43H54Si/c1-40(2,3)36-18-16-19-37(41(4,5)6)34(36)24-22-31-28-32(30-33(29-31)26-27-44(13,14)15)23-25-35-38(42(7,8)9)20-17-21-39(35)43(10,11)12/h16-21,28-30H,1-15H3. The topological polar surface area (TPSA) is 0 Å². The normalized spacial score (nSPS) is 12.3. The summed E-state index contributed by atoms with van der Waals surface area (Å²) >= 11 is 0. The largest absolute Gasteiger partial charge is 0.129 e. The van der Waals surface area contributed by atoms with Crippen molar-refractivity contribution in [1.29, 1.82) is 0 Å². The van der Waals surface area contributed by atoms with E-state index in [1.807, 2.05) is 0 Å². The Balaban J connectivity index is 2.31. The van der Waals surface area contributed by atoms with E-state index in [2.05, 4.69) is 192 Å². The molecule has 3 aromatic rings. The van der Waals surface area contributed by atoms with Gasteiger partial charge in [-0.2, -0.15) is 0 Å². The molecule has 0 aliphatic rings. The molecule has 0 fully saturated rings. The second kappa shape index (κ2) is 12.5. The van der Waals surface area contributed by atoms with Crippen molar-refractivity contribution in [3.63, 3.8) is 0 Å². The molecule has 0 heterocycles. The van der Waals surface area contributed by atoms with E-state index < -0.39 is 8.07 Å². The van der Waals surface area contributed by atoms with Crippen LogP contribution in [-0.2, 0) is 21.7 Å². The predicted octanol–water partition coefficient (Wildman–Crippen LogP) is 10.9. The Hall–Kier alpha value is -3.44. The van der Waals surface area contributed by atoms with Crippen molar-refractivity contribution < 1.29 is 0 Å². The van der Waals surface area contributed by atoms with Gasteiger partial charge in [-0.3, -0.25) is 0 Å². The van der Waals surface area contributed by atoms with Crippen LogP contribution < -0.4 is 0 Å². The molecule has 0 amide bonds. The molecule has 0 saturated carbocycles. The van der Waals surface area contributed by atoms with Crippen molar-refractivity contribution in [2.24, 2.45) is 0 Å². The Kier molecular flexibility index (Phi) is 9.96. The molecule has 0 spiro atoms. The van der Waals surface area contributed by atoms with Gasteiger partial charge in [-0.1, -0.05) is 169 Å². The summed E-state index contributed by atoms with van der Waals surface area (Å²) in [5, 5.41) is 0. The molecule has 3 aromatic carbocycles. The fraction of sp³-hybridized carbons (Fsp3) is 0.442. The van der Waals surface area contributed by atoms with Gasteiger partial charge in [0.05, 0.1) is 0 Å². The molecule has 0 aliphatic carbocycles. The second-order valence-electron chi connectivity index (χ2n) is 17.3. The van der Waals surface area contributed by atoms with Gasteiger partial charge in [-0.05, 0) is 62.1 Å². The lowest BCUT2D eigenvalue weighted by atomic mass is 9.76. The van der Waals surface area contributed by atoms with Gasteiger partial charge in [0.25, 0.3) is 0 Å². The zero-order valence-electron chi connectivity index (χ0n) is 30.2. The first-order chi connectivity index (χ1) is 20.0. The van der Waals surface area contributed by atoms with Gasteiger partial charge in [-0.25, -0.2) is 0 Å². The molecule has 0 nitrogen and oxygen atoms in total. The van der Waals surface area contributed by atoms with E-state index in [-0.39, 0.29) is 21.7 Å². The molecule has 0 saturated heterocycles. The monoisotopic (exact) mass is 598 g/mol. The number of benzene rings is 3. The van der Waals surface area contributed by atoms with Gasteiger partial charge in [0.2, 0.25) is 0 Å². The summed E-state index contributed by atoms with van der Waals surface area (Å²) in [5.74, 6) is 17.9. The number of hydrogen-bond acceptors (Lipinski definition) is 0. The maximum Gasteiger partial charge on any atom is 0.129 e. The molecular formula is C43H54Si. The van der Waals surface area contributed by atoms with Crippen LogP contribution in [0.5, 0.6) is 0 Å². The zero-order valence-corrected chi connectivity index (χ0v) is 31.2. The number of rotatable bonds is 0. The van der Waals surface area contributed by atoms with Crippen LogP contribution in [0.1, 0.15) is 133 Å². The predicted molar refractivity (Wildman–Crippen MR) is 196 cm³/mol. The highest BCUT2D eigenvalue weighted by molar-refractivity contribution is 6.83. The van der Waals surface area contributed by atoms with Crippen molar-refractivity contribution in [3.8, 4) is 35.1 Å². The van der Waals surface area contributed by atoms with Gasteiger partial charge in [-0.15, -0.1) is 5.54 Å². The van der Waals surface area contributed by atoms with Gasteiger partial charge in [0.15, 0.2) is 0 Å². The SMILES string of the molecule is CC(C)(C)c1cccc(C(C)(C)C)c1C#Cc1cc(C#Cc2c(C(C)(C)C)cccc2C(C)(C)C)cc(C#C[Si](C)(C)C)c1. The van der Waals surface area contributed by atoms with Crippen LogP contribution in [0.4, 0.5) is 0 Å². The molecular weight excluding hydrogens is 545 g/mol. The van der Waals surface area contributed by atoms with Gasteiger partial charge >= 0.3 is 0 Å². The molecule has 44 heavy (non-hydrogen) atoms. The highest BCUT2D eigenvalue weighted by Gasteiger charge is 2.25. The van der Waals surface area contributed by atoms with Crippen LogP contribution in [0.15, 0.2) is 54.6 Å². The van der Waals surface area contributed by atoms with E-state index in [1.54, 1.807) is 0 Å².